The number of benzene rings is 1. The summed E-state index contributed by atoms with van der Waals surface area (Å²) < 4.78 is 15.6. The van der Waals surface area contributed by atoms with E-state index in [2.05, 4.69) is 4.98 Å². The van der Waals surface area contributed by atoms with Crippen LogP contribution in [-0.4, -0.2) is 21.3 Å². The van der Waals surface area contributed by atoms with Gasteiger partial charge in [0, 0.05) is 19.0 Å². The number of imidazole rings is 1. The molecule has 0 saturated carbocycles. The Bertz CT molecular complexity index is 508. The fourth-order valence-corrected chi connectivity index (χ4v) is 1.82. The van der Waals surface area contributed by atoms with Gasteiger partial charge in [0.25, 0.3) is 0 Å². The molecule has 2 rings (SSSR count). The lowest BCUT2D eigenvalue weighted by Crippen LogP contribution is -2.00. The van der Waals surface area contributed by atoms with Crippen molar-refractivity contribution in [2.24, 2.45) is 0 Å². The highest BCUT2D eigenvalue weighted by Crippen LogP contribution is 2.17. The molecule has 0 bridgehead atoms. The summed E-state index contributed by atoms with van der Waals surface area (Å²) in [7, 11) is 0. The van der Waals surface area contributed by atoms with Gasteiger partial charge in [-0.1, -0.05) is 6.07 Å². The van der Waals surface area contributed by atoms with Crippen LogP contribution < -0.4 is 0 Å². The largest absolute Gasteiger partial charge is 0.396 e. The normalized spacial score (nSPS) is 10.8. The average molecular weight is 234 g/mol. The van der Waals surface area contributed by atoms with Crippen LogP contribution >= 0.6 is 0 Å². The van der Waals surface area contributed by atoms with E-state index in [-0.39, 0.29) is 12.4 Å². The Hall–Kier alpha value is -1.68. The minimum absolute atomic E-state index is 0.129. The third-order valence-corrected chi connectivity index (χ3v) is 2.72. The predicted octanol–water partition coefficient (Wildman–Crippen LogP) is 2.24. The van der Waals surface area contributed by atoms with Crippen LogP contribution in [0.2, 0.25) is 0 Å². The van der Waals surface area contributed by atoms with Crippen LogP contribution in [0.3, 0.4) is 0 Å². The molecule has 1 N–H and O–H groups in total. The number of aryl methyl sites for hydroxylation is 2. The Morgan fingerprint density at radius 2 is 2.24 bits per heavy atom. The van der Waals surface area contributed by atoms with Gasteiger partial charge in [-0.3, -0.25) is 0 Å². The fraction of sp³-hybridized carbons (Fsp3) is 0.308. The minimum atomic E-state index is -0.262. The van der Waals surface area contributed by atoms with Crippen LogP contribution in [0.4, 0.5) is 4.39 Å². The predicted molar refractivity (Wildman–Crippen MR) is 63.7 cm³/mol. The van der Waals surface area contributed by atoms with E-state index in [9.17, 15) is 4.39 Å². The number of halogens is 1. The first kappa shape index (κ1) is 11.8. The number of hydrogen-bond acceptors (Lipinski definition) is 2. The van der Waals surface area contributed by atoms with E-state index in [4.69, 9.17) is 5.11 Å². The molecule has 0 spiro atoms. The molecule has 3 nitrogen and oxygen atoms in total. The van der Waals surface area contributed by atoms with Gasteiger partial charge in [-0.15, -0.1) is 0 Å². The molecule has 4 heteroatoms. The number of hydrogen-bond donors (Lipinski definition) is 1. The number of aliphatic hydroxyl groups is 1. The van der Waals surface area contributed by atoms with E-state index >= 15 is 0 Å². The molecule has 0 radical (unpaired) electrons. The van der Waals surface area contributed by atoms with Gasteiger partial charge in [0.05, 0.1) is 5.69 Å². The lowest BCUT2D eigenvalue weighted by Gasteiger charge is -2.08. The molecule has 1 heterocycles. The van der Waals surface area contributed by atoms with Crippen LogP contribution in [0.5, 0.6) is 0 Å². The molecule has 2 aromatic rings. The van der Waals surface area contributed by atoms with Crippen molar-refractivity contribution in [1.82, 2.24) is 9.55 Å². The molecule has 0 unspecified atom stereocenters. The van der Waals surface area contributed by atoms with Crippen molar-refractivity contribution in [1.29, 1.82) is 0 Å². The Kier molecular flexibility index (Phi) is 3.54. The topological polar surface area (TPSA) is 38.0 Å². The molecule has 0 fully saturated rings. The van der Waals surface area contributed by atoms with Crippen LogP contribution in [0, 0.1) is 12.7 Å². The zero-order chi connectivity index (χ0) is 12.3. The second-order valence-electron chi connectivity index (χ2n) is 3.96. The van der Waals surface area contributed by atoms with Crippen molar-refractivity contribution in [3.05, 3.63) is 47.8 Å². The van der Waals surface area contributed by atoms with Crippen molar-refractivity contribution < 1.29 is 9.50 Å². The quantitative estimate of drug-likeness (QED) is 0.881. The summed E-state index contributed by atoms with van der Waals surface area (Å²) >= 11 is 0. The van der Waals surface area contributed by atoms with Gasteiger partial charge in [-0.25, -0.2) is 9.37 Å². The summed E-state index contributed by atoms with van der Waals surface area (Å²) in [5.74, 6) is 0.494. The monoisotopic (exact) mass is 234 g/mol. The molecule has 1 aromatic heterocycles. The summed E-state index contributed by atoms with van der Waals surface area (Å²) in [6, 6.07) is 5.15. The summed E-state index contributed by atoms with van der Waals surface area (Å²) in [5, 5.41) is 8.73. The van der Waals surface area contributed by atoms with E-state index in [0.717, 1.165) is 11.4 Å². The number of rotatable bonds is 4. The summed E-state index contributed by atoms with van der Waals surface area (Å²) in [4.78, 5) is 4.07. The maximum absolute atomic E-state index is 13.9. The van der Waals surface area contributed by atoms with Crippen molar-refractivity contribution >= 4 is 0 Å². The Morgan fingerprint density at radius 3 is 2.82 bits per heavy atom. The number of aromatic nitrogens is 2. The van der Waals surface area contributed by atoms with Gasteiger partial charge in [0.1, 0.15) is 11.6 Å². The molecule has 17 heavy (non-hydrogen) atoms. The summed E-state index contributed by atoms with van der Waals surface area (Å²) in [6.45, 7) is 1.96. The van der Waals surface area contributed by atoms with Crippen LogP contribution in [0.1, 0.15) is 17.8 Å². The molecule has 90 valence electrons. The molecule has 0 saturated heterocycles. The molecule has 0 aliphatic carbocycles. The van der Waals surface area contributed by atoms with Crippen LogP contribution in [-0.2, 0) is 6.42 Å². The Balaban J connectivity index is 2.29. The van der Waals surface area contributed by atoms with Crippen molar-refractivity contribution in [2.75, 3.05) is 6.61 Å². The van der Waals surface area contributed by atoms with E-state index in [1.807, 2.05) is 13.0 Å². The highest BCUT2D eigenvalue weighted by molar-refractivity contribution is 5.37. The Morgan fingerprint density at radius 1 is 1.41 bits per heavy atom. The van der Waals surface area contributed by atoms with Gasteiger partial charge in [-0.2, -0.15) is 0 Å². The molecule has 0 atom stereocenters. The fourth-order valence-electron chi connectivity index (χ4n) is 1.82. The zero-order valence-corrected chi connectivity index (χ0v) is 9.73. The zero-order valence-electron chi connectivity index (χ0n) is 9.73. The standard InChI is InChI=1S/C13H15FN2O/c1-10-15-6-7-16(10)13-5-4-11(3-2-8-17)9-12(13)14/h4-7,9,17H,2-3,8H2,1H3. The number of nitrogens with zero attached hydrogens (tertiary/aromatic N) is 2. The van der Waals surface area contributed by atoms with Crippen molar-refractivity contribution in [3.63, 3.8) is 0 Å². The molecular formula is C13H15FN2O. The van der Waals surface area contributed by atoms with E-state index < -0.39 is 0 Å². The lowest BCUT2D eigenvalue weighted by atomic mass is 10.1. The maximum Gasteiger partial charge on any atom is 0.147 e. The first-order valence-corrected chi connectivity index (χ1v) is 5.62. The molecule has 0 amide bonds. The van der Waals surface area contributed by atoms with Gasteiger partial charge in [0.15, 0.2) is 0 Å². The third kappa shape index (κ3) is 2.53. The van der Waals surface area contributed by atoms with Crippen molar-refractivity contribution in [3.8, 4) is 5.69 Å². The van der Waals surface area contributed by atoms with Crippen LogP contribution in [0.25, 0.3) is 5.69 Å². The second-order valence-corrected chi connectivity index (χ2v) is 3.96. The summed E-state index contributed by atoms with van der Waals surface area (Å²) in [5.41, 5.74) is 1.41. The van der Waals surface area contributed by atoms with Gasteiger partial charge in [0.2, 0.25) is 0 Å². The van der Waals surface area contributed by atoms with Gasteiger partial charge in [-0.05, 0) is 37.5 Å². The van der Waals surface area contributed by atoms with E-state index in [1.165, 1.54) is 6.07 Å². The molecular weight excluding hydrogens is 219 g/mol. The molecule has 0 aliphatic rings. The maximum atomic E-state index is 13.9. The molecule has 1 aromatic carbocycles. The average Bonchev–Trinajstić information content (AvgIpc) is 2.73. The Labute approximate surface area is 99.5 Å². The second kappa shape index (κ2) is 5.10. The van der Waals surface area contributed by atoms with Gasteiger partial charge < -0.3 is 9.67 Å². The smallest absolute Gasteiger partial charge is 0.147 e. The van der Waals surface area contributed by atoms with E-state index in [0.29, 0.717) is 18.5 Å². The highest BCUT2D eigenvalue weighted by atomic mass is 19.1. The minimum Gasteiger partial charge on any atom is -0.396 e. The SMILES string of the molecule is Cc1nccn1-c1ccc(CCCO)cc1F. The highest BCUT2D eigenvalue weighted by Gasteiger charge is 2.07. The first-order chi connectivity index (χ1) is 8.22. The lowest BCUT2D eigenvalue weighted by molar-refractivity contribution is 0.288. The molecule has 0 aliphatic heterocycles. The van der Waals surface area contributed by atoms with E-state index in [1.54, 1.807) is 23.0 Å². The summed E-state index contributed by atoms with van der Waals surface area (Å²) in [6.07, 6.45) is 4.73. The van der Waals surface area contributed by atoms with Crippen LogP contribution in [0.15, 0.2) is 30.6 Å². The third-order valence-electron chi connectivity index (χ3n) is 2.72. The number of aliphatic hydroxyl groups excluding tert-OH is 1. The first-order valence-electron chi connectivity index (χ1n) is 5.62. The van der Waals surface area contributed by atoms with Gasteiger partial charge >= 0.3 is 0 Å². The van der Waals surface area contributed by atoms with Crippen molar-refractivity contribution in [2.45, 2.75) is 19.8 Å².